The van der Waals surface area contributed by atoms with Gasteiger partial charge in [0.05, 0.1) is 12.7 Å². The third-order valence-electron chi connectivity index (χ3n) is 8.36. The number of rotatable bonds is 1. The van der Waals surface area contributed by atoms with Crippen molar-refractivity contribution in [3.05, 3.63) is 41.5 Å². The molecule has 0 heterocycles. The minimum atomic E-state index is -0.559. The summed E-state index contributed by atoms with van der Waals surface area (Å²) < 4.78 is 5.43. The average molecular weight is 324 g/mol. The third kappa shape index (κ3) is 1.57. The Morgan fingerprint density at radius 2 is 2.00 bits per heavy atom. The van der Waals surface area contributed by atoms with Crippen LogP contribution in [0.3, 0.4) is 0 Å². The standard InChI is InChI=1S/C22H28O2/c1-20-11-8-18-17-6-5-16(24-2)14-15(17)4-7-19(18)21(20)9-3-10-22(20,23)13-12-21/h5-6,12-14,18-19,23H,3-4,7-11H2,1-2H3/t18-,19-,20+,21-,22-/m1/s1. The fourth-order valence-electron chi connectivity index (χ4n) is 7.03. The zero-order valence-electron chi connectivity index (χ0n) is 14.8. The number of methoxy groups -OCH3 is 1. The van der Waals surface area contributed by atoms with E-state index in [-0.39, 0.29) is 10.8 Å². The van der Waals surface area contributed by atoms with Gasteiger partial charge in [-0.1, -0.05) is 25.1 Å². The quantitative estimate of drug-likeness (QED) is 0.764. The number of hydrogen-bond acceptors (Lipinski definition) is 2. The highest BCUT2D eigenvalue weighted by molar-refractivity contribution is 5.43. The number of aliphatic hydroxyl groups is 1. The molecule has 1 aromatic carbocycles. The van der Waals surface area contributed by atoms with Gasteiger partial charge in [0, 0.05) is 10.8 Å². The molecule has 24 heavy (non-hydrogen) atoms. The molecule has 5 rings (SSSR count). The normalized spacial score (nSPS) is 45.3. The van der Waals surface area contributed by atoms with Gasteiger partial charge in [-0.05, 0) is 80.0 Å². The van der Waals surface area contributed by atoms with Crippen molar-refractivity contribution >= 4 is 0 Å². The maximum absolute atomic E-state index is 11.3. The van der Waals surface area contributed by atoms with Crippen LogP contribution in [0.1, 0.15) is 62.5 Å². The van der Waals surface area contributed by atoms with E-state index in [1.54, 1.807) is 12.7 Å². The van der Waals surface area contributed by atoms with E-state index in [0.717, 1.165) is 31.4 Å². The van der Waals surface area contributed by atoms with Gasteiger partial charge in [-0.25, -0.2) is 0 Å². The molecule has 1 N–H and O–H groups in total. The van der Waals surface area contributed by atoms with Crippen molar-refractivity contribution in [1.82, 2.24) is 0 Å². The summed E-state index contributed by atoms with van der Waals surface area (Å²) in [5, 5.41) is 11.3. The van der Waals surface area contributed by atoms with Gasteiger partial charge in [0.2, 0.25) is 0 Å². The lowest BCUT2D eigenvalue weighted by Gasteiger charge is -2.63. The first kappa shape index (κ1) is 15.0. The Labute approximate surface area is 144 Å². The van der Waals surface area contributed by atoms with E-state index in [9.17, 15) is 5.11 Å². The van der Waals surface area contributed by atoms with Crippen LogP contribution < -0.4 is 4.74 Å². The molecule has 5 atom stereocenters. The van der Waals surface area contributed by atoms with E-state index >= 15 is 0 Å². The van der Waals surface area contributed by atoms with Crippen LogP contribution in [0, 0.1) is 16.7 Å². The molecule has 0 aromatic heterocycles. The summed E-state index contributed by atoms with van der Waals surface area (Å²) in [6.45, 7) is 2.38. The first-order valence-electron chi connectivity index (χ1n) is 9.63. The van der Waals surface area contributed by atoms with Crippen LogP contribution in [0.2, 0.25) is 0 Å². The minimum Gasteiger partial charge on any atom is -0.497 e. The Balaban J connectivity index is 1.60. The molecule has 128 valence electrons. The average Bonchev–Trinajstić information content (AvgIpc) is 2.72. The summed E-state index contributed by atoms with van der Waals surface area (Å²) in [5.41, 5.74) is 2.74. The van der Waals surface area contributed by atoms with Gasteiger partial charge in [-0.3, -0.25) is 0 Å². The molecule has 2 nitrogen and oxygen atoms in total. The van der Waals surface area contributed by atoms with Crippen LogP contribution in [-0.2, 0) is 6.42 Å². The van der Waals surface area contributed by atoms with E-state index in [1.165, 1.54) is 24.8 Å². The van der Waals surface area contributed by atoms with Crippen LogP contribution in [0.15, 0.2) is 30.4 Å². The lowest BCUT2D eigenvalue weighted by atomic mass is 9.42. The third-order valence-corrected chi connectivity index (χ3v) is 8.36. The van der Waals surface area contributed by atoms with Gasteiger partial charge in [-0.2, -0.15) is 0 Å². The van der Waals surface area contributed by atoms with E-state index in [4.69, 9.17) is 4.74 Å². The molecule has 0 radical (unpaired) electrons. The fraction of sp³-hybridized carbons (Fsp3) is 0.636. The molecule has 0 spiro atoms. The lowest BCUT2D eigenvalue weighted by molar-refractivity contribution is -0.164. The molecule has 4 aliphatic carbocycles. The van der Waals surface area contributed by atoms with E-state index < -0.39 is 5.60 Å². The van der Waals surface area contributed by atoms with E-state index in [0.29, 0.717) is 11.8 Å². The van der Waals surface area contributed by atoms with Gasteiger partial charge >= 0.3 is 0 Å². The van der Waals surface area contributed by atoms with Crippen LogP contribution in [0.4, 0.5) is 0 Å². The molecule has 2 saturated carbocycles. The highest BCUT2D eigenvalue weighted by Crippen LogP contribution is 2.72. The molecule has 0 saturated heterocycles. The molecular weight excluding hydrogens is 296 g/mol. The fourth-order valence-corrected chi connectivity index (χ4v) is 7.03. The van der Waals surface area contributed by atoms with Crippen molar-refractivity contribution in [2.24, 2.45) is 16.7 Å². The van der Waals surface area contributed by atoms with Gasteiger partial charge < -0.3 is 9.84 Å². The largest absolute Gasteiger partial charge is 0.497 e. The van der Waals surface area contributed by atoms with Crippen molar-refractivity contribution in [3.63, 3.8) is 0 Å². The summed E-state index contributed by atoms with van der Waals surface area (Å²) in [6, 6.07) is 6.70. The number of ether oxygens (including phenoxy) is 1. The van der Waals surface area contributed by atoms with E-state index in [2.05, 4.69) is 37.3 Å². The topological polar surface area (TPSA) is 29.5 Å². The predicted molar refractivity (Wildman–Crippen MR) is 95.3 cm³/mol. The second kappa shape index (κ2) is 4.66. The van der Waals surface area contributed by atoms with Crippen LogP contribution in [-0.4, -0.2) is 17.8 Å². The summed E-state index contributed by atoms with van der Waals surface area (Å²) in [5.74, 6) is 2.32. The van der Waals surface area contributed by atoms with Crippen LogP contribution >= 0.6 is 0 Å². The Morgan fingerprint density at radius 3 is 2.83 bits per heavy atom. The Bertz CT molecular complexity index is 723. The molecule has 0 unspecified atom stereocenters. The van der Waals surface area contributed by atoms with Gasteiger partial charge in [0.15, 0.2) is 0 Å². The highest BCUT2D eigenvalue weighted by Gasteiger charge is 2.68. The zero-order chi connectivity index (χ0) is 16.6. The molecule has 2 heteroatoms. The minimum absolute atomic E-state index is 0.0450. The Morgan fingerprint density at radius 1 is 1.12 bits per heavy atom. The van der Waals surface area contributed by atoms with Crippen molar-refractivity contribution in [2.45, 2.75) is 63.4 Å². The molecular formula is C22H28O2. The summed E-state index contributed by atoms with van der Waals surface area (Å²) in [4.78, 5) is 0. The van der Waals surface area contributed by atoms with Crippen LogP contribution in [0.5, 0.6) is 5.75 Å². The molecule has 1 aromatic rings. The van der Waals surface area contributed by atoms with E-state index in [1.807, 2.05) is 0 Å². The first-order chi connectivity index (χ1) is 11.5. The monoisotopic (exact) mass is 324 g/mol. The van der Waals surface area contributed by atoms with Gasteiger partial charge in [0.25, 0.3) is 0 Å². The maximum Gasteiger partial charge on any atom is 0.119 e. The lowest BCUT2D eigenvalue weighted by Crippen LogP contribution is -2.60. The second-order valence-electron chi connectivity index (χ2n) is 8.84. The van der Waals surface area contributed by atoms with Crippen molar-refractivity contribution < 1.29 is 9.84 Å². The highest BCUT2D eigenvalue weighted by atomic mass is 16.5. The molecule has 2 fully saturated rings. The molecule has 4 aliphatic rings. The van der Waals surface area contributed by atoms with Crippen molar-refractivity contribution in [2.75, 3.05) is 7.11 Å². The summed E-state index contributed by atoms with van der Waals surface area (Å²) >= 11 is 0. The smallest absolute Gasteiger partial charge is 0.119 e. The van der Waals surface area contributed by atoms with Gasteiger partial charge in [0.1, 0.15) is 5.75 Å². The SMILES string of the molecule is COc1ccc2c(c1)CC[C@@H]1[C@@H]2CC[C@@]2(C)[C@]13C=C[C@]2(O)CCC3. The maximum atomic E-state index is 11.3. The number of benzene rings is 1. The second-order valence-corrected chi connectivity index (χ2v) is 8.84. The zero-order valence-corrected chi connectivity index (χ0v) is 14.8. The molecule has 2 bridgehead atoms. The molecule has 0 aliphatic heterocycles. The van der Waals surface area contributed by atoms with Crippen LogP contribution in [0.25, 0.3) is 0 Å². The number of aryl methyl sites for hydroxylation is 1. The van der Waals surface area contributed by atoms with Gasteiger partial charge in [-0.15, -0.1) is 0 Å². The Hall–Kier alpha value is -1.28. The predicted octanol–water partition coefficient (Wildman–Crippen LogP) is 4.61. The summed E-state index contributed by atoms with van der Waals surface area (Å²) in [7, 11) is 1.75. The van der Waals surface area contributed by atoms with Crippen molar-refractivity contribution in [3.8, 4) is 5.75 Å². The number of hydrogen-bond donors (Lipinski definition) is 1. The molecule has 0 amide bonds. The summed E-state index contributed by atoms with van der Waals surface area (Å²) in [6.07, 6.45) is 12.8. The Kier molecular flexibility index (Phi) is 2.92. The first-order valence-corrected chi connectivity index (χ1v) is 9.63. The number of allylic oxidation sites excluding steroid dienone is 1. The van der Waals surface area contributed by atoms with Crippen molar-refractivity contribution in [1.29, 1.82) is 0 Å². The number of fused-ring (bicyclic) bond motifs is 3.